The van der Waals surface area contributed by atoms with Gasteiger partial charge in [-0.3, -0.25) is 0 Å². The van der Waals surface area contributed by atoms with Gasteiger partial charge < -0.3 is 19.3 Å². The third kappa shape index (κ3) is 4.40. The number of esters is 1. The third-order valence-electron chi connectivity index (χ3n) is 3.36. The van der Waals surface area contributed by atoms with Crippen molar-refractivity contribution in [1.82, 2.24) is 15.0 Å². The molecule has 0 amide bonds. The summed E-state index contributed by atoms with van der Waals surface area (Å²) in [6.07, 6.45) is 0.0168. The fourth-order valence-corrected chi connectivity index (χ4v) is 2.15. The zero-order valence-corrected chi connectivity index (χ0v) is 14.1. The van der Waals surface area contributed by atoms with Crippen LogP contribution in [0.5, 0.6) is 11.5 Å². The SMILES string of the molecule is C=CC(=O)OCCOC(=O)Oc1ccc(O)c(-n2nc3ccccc3n2)c1. The number of aromatic hydroxyl groups is 1. The minimum absolute atomic E-state index is 0.0904. The number of phenolic OH excluding ortho intramolecular Hbond substituents is 1. The molecule has 9 heteroatoms. The molecular formula is C18H15N3O6. The van der Waals surface area contributed by atoms with E-state index in [4.69, 9.17) is 9.47 Å². The normalized spacial score (nSPS) is 10.4. The Balaban J connectivity index is 1.67. The summed E-state index contributed by atoms with van der Waals surface area (Å²) >= 11 is 0. The van der Waals surface area contributed by atoms with Gasteiger partial charge in [-0.25, -0.2) is 9.59 Å². The molecule has 0 saturated heterocycles. The van der Waals surface area contributed by atoms with E-state index in [2.05, 4.69) is 21.5 Å². The average molecular weight is 369 g/mol. The molecule has 0 spiro atoms. The number of ether oxygens (including phenoxy) is 3. The second-order valence-corrected chi connectivity index (χ2v) is 5.20. The number of benzene rings is 2. The van der Waals surface area contributed by atoms with Crippen LogP contribution in [0.4, 0.5) is 4.79 Å². The first-order valence-electron chi connectivity index (χ1n) is 7.86. The summed E-state index contributed by atoms with van der Waals surface area (Å²) in [6.45, 7) is 2.95. The topological polar surface area (TPSA) is 113 Å². The fourth-order valence-electron chi connectivity index (χ4n) is 2.15. The van der Waals surface area contributed by atoms with E-state index in [9.17, 15) is 14.7 Å². The van der Waals surface area contributed by atoms with Gasteiger partial charge in [-0.15, -0.1) is 15.0 Å². The van der Waals surface area contributed by atoms with Gasteiger partial charge in [-0.05, 0) is 24.3 Å². The highest BCUT2D eigenvalue weighted by molar-refractivity contribution is 5.81. The van der Waals surface area contributed by atoms with E-state index in [1.165, 1.54) is 23.0 Å². The number of hydrogen-bond donors (Lipinski definition) is 1. The maximum absolute atomic E-state index is 11.7. The molecule has 0 aliphatic carbocycles. The van der Waals surface area contributed by atoms with E-state index < -0.39 is 12.1 Å². The van der Waals surface area contributed by atoms with Crippen LogP contribution < -0.4 is 4.74 Å². The molecule has 9 nitrogen and oxygen atoms in total. The van der Waals surface area contributed by atoms with Crippen LogP contribution in [0.15, 0.2) is 55.1 Å². The maximum Gasteiger partial charge on any atom is 0.513 e. The van der Waals surface area contributed by atoms with E-state index in [1.54, 1.807) is 12.1 Å². The second-order valence-electron chi connectivity index (χ2n) is 5.20. The standard InChI is InChI=1S/C18H15N3O6/c1-2-17(23)25-9-10-26-18(24)27-12-7-8-16(22)15(11-12)21-19-13-5-3-4-6-14(13)20-21/h2-8,11,22H,1,9-10H2. The van der Waals surface area contributed by atoms with Crippen molar-refractivity contribution in [2.75, 3.05) is 13.2 Å². The van der Waals surface area contributed by atoms with Gasteiger partial charge in [0.05, 0.1) is 0 Å². The lowest BCUT2D eigenvalue weighted by Crippen LogP contribution is -2.16. The van der Waals surface area contributed by atoms with Gasteiger partial charge in [0.2, 0.25) is 0 Å². The summed E-state index contributed by atoms with van der Waals surface area (Å²) in [5, 5.41) is 18.6. The van der Waals surface area contributed by atoms with Crippen molar-refractivity contribution >= 4 is 23.2 Å². The Hall–Kier alpha value is -3.88. The molecule has 3 aromatic rings. The zero-order chi connectivity index (χ0) is 19.2. The van der Waals surface area contributed by atoms with Crippen LogP contribution in [0.1, 0.15) is 0 Å². The molecule has 138 valence electrons. The molecule has 3 rings (SSSR count). The lowest BCUT2D eigenvalue weighted by Gasteiger charge is -2.08. The zero-order valence-electron chi connectivity index (χ0n) is 14.1. The van der Waals surface area contributed by atoms with Gasteiger partial charge in [0.25, 0.3) is 0 Å². The minimum Gasteiger partial charge on any atom is -0.506 e. The Morgan fingerprint density at radius 2 is 1.74 bits per heavy atom. The van der Waals surface area contributed by atoms with Gasteiger partial charge in [-0.1, -0.05) is 18.7 Å². The number of carbonyl (C=O) groups is 2. The van der Waals surface area contributed by atoms with Crippen molar-refractivity contribution < 1.29 is 28.9 Å². The van der Waals surface area contributed by atoms with Crippen molar-refractivity contribution in [3.05, 3.63) is 55.1 Å². The number of aromatic nitrogens is 3. The lowest BCUT2D eigenvalue weighted by atomic mass is 10.3. The van der Waals surface area contributed by atoms with Gasteiger partial charge in [-0.2, -0.15) is 0 Å². The molecule has 0 aliphatic heterocycles. The van der Waals surface area contributed by atoms with E-state index in [0.29, 0.717) is 11.0 Å². The molecule has 1 aromatic heterocycles. The summed E-state index contributed by atoms with van der Waals surface area (Å²) in [5.41, 5.74) is 1.53. The first-order valence-corrected chi connectivity index (χ1v) is 7.86. The van der Waals surface area contributed by atoms with Crippen LogP contribution in [0.3, 0.4) is 0 Å². The van der Waals surface area contributed by atoms with Crippen LogP contribution >= 0.6 is 0 Å². The van der Waals surface area contributed by atoms with Crippen LogP contribution in [-0.2, 0) is 14.3 Å². The van der Waals surface area contributed by atoms with E-state index in [-0.39, 0.29) is 30.4 Å². The van der Waals surface area contributed by atoms with Gasteiger partial charge >= 0.3 is 12.1 Å². The van der Waals surface area contributed by atoms with E-state index >= 15 is 0 Å². The Morgan fingerprint density at radius 1 is 1.07 bits per heavy atom. The Labute approximate surface area is 153 Å². The summed E-state index contributed by atoms with van der Waals surface area (Å²) < 4.78 is 14.5. The second kappa shape index (κ2) is 8.00. The molecule has 0 unspecified atom stereocenters. The summed E-state index contributed by atoms with van der Waals surface area (Å²) in [6, 6.07) is 11.3. The van der Waals surface area contributed by atoms with Gasteiger partial charge in [0.1, 0.15) is 41.4 Å². The van der Waals surface area contributed by atoms with Crippen LogP contribution in [0.2, 0.25) is 0 Å². The van der Waals surface area contributed by atoms with Crippen LogP contribution in [0, 0.1) is 0 Å². The molecule has 1 N–H and O–H groups in total. The molecule has 27 heavy (non-hydrogen) atoms. The Morgan fingerprint density at radius 3 is 2.41 bits per heavy atom. The molecule has 0 atom stereocenters. The minimum atomic E-state index is -0.986. The van der Waals surface area contributed by atoms with Crippen LogP contribution in [-0.4, -0.2) is 45.4 Å². The highest BCUT2D eigenvalue weighted by Gasteiger charge is 2.13. The quantitative estimate of drug-likeness (QED) is 0.305. The number of hydrogen-bond acceptors (Lipinski definition) is 8. The number of nitrogens with zero attached hydrogens (tertiary/aromatic N) is 3. The molecule has 0 saturated carbocycles. The largest absolute Gasteiger partial charge is 0.513 e. The monoisotopic (exact) mass is 369 g/mol. The van der Waals surface area contributed by atoms with Gasteiger partial charge in [0, 0.05) is 12.1 Å². The highest BCUT2D eigenvalue weighted by atomic mass is 16.7. The van der Waals surface area contributed by atoms with Crippen molar-refractivity contribution in [3.8, 4) is 17.2 Å². The van der Waals surface area contributed by atoms with Crippen molar-refractivity contribution in [2.24, 2.45) is 0 Å². The highest BCUT2D eigenvalue weighted by Crippen LogP contribution is 2.26. The summed E-state index contributed by atoms with van der Waals surface area (Å²) in [7, 11) is 0. The number of carbonyl (C=O) groups excluding carboxylic acids is 2. The number of phenols is 1. The predicted molar refractivity (Wildman–Crippen MR) is 93.7 cm³/mol. The average Bonchev–Trinajstić information content (AvgIpc) is 3.10. The first kappa shape index (κ1) is 17.9. The molecule has 2 aromatic carbocycles. The molecule has 0 radical (unpaired) electrons. The lowest BCUT2D eigenvalue weighted by molar-refractivity contribution is -0.138. The Bertz CT molecular complexity index is 965. The van der Waals surface area contributed by atoms with Crippen molar-refractivity contribution in [3.63, 3.8) is 0 Å². The molecule has 0 bridgehead atoms. The van der Waals surface area contributed by atoms with Crippen molar-refractivity contribution in [1.29, 1.82) is 0 Å². The maximum atomic E-state index is 11.7. The molecule has 0 aliphatic rings. The third-order valence-corrected chi connectivity index (χ3v) is 3.36. The van der Waals surface area contributed by atoms with E-state index in [0.717, 1.165) is 6.08 Å². The predicted octanol–water partition coefficient (Wildman–Crippen LogP) is 2.37. The molecular weight excluding hydrogens is 354 g/mol. The van der Waals surface area contributed by atoms with E-state index in [1.807, 2.05) is 12.1 Å². The number of fused-ring (bicyclic) bond motifs is 1. The van der Waals surface area contributed by atoms with Crippen LogP contribution in [0.25, 0.3) is 16.7 Å². The molecule has 1 heterocycles. The van der Waals surface area contributed by atoms with Crippen molar-refractivity contribution in [2.45, 2.75) is 0 Å². The first-order chi connectivity index (χ1) is 13.1. The summed E-state index contributed by atoms with van der Waals surface area (Å²) in [4.78, 5) is 23.8. The smallest absolute Gasteiger partial charge is 0.506 e. The molecule has 0 fully saturated rings. The Kier molecular flexibility index (Phi) is 5.31. The fraction of sp³-hybridized carbons (Fsp3) is 0.111. The number of rotatable bonds is 6. The summed E-state index contributed by atoms with van der Waals surface area (Å²) in [5.74, 6) is -0.584. The van der Waals surface area contributed by atoms with Gasteiger partial charge in [0.15, 0.2) is 0 Å².